The lowest BCUT2D eigenvalue weighted by atomic mass is 10.1. The van der Waals surface area contributed by atoms with Gasteiger partial charge in [0.1, 0.15) is 11.6 Å². The second-order valence-electron chi connectivity index (χ2n) is 9.33. The summed E-state index contributed by atoms with van der Waals surface area (Å²) < 4.78 is 46.9. The molecule has 0 aliphatic carbocycles. The van der Waals surface area contributed by atoms with Crippen LogP contribution in [0.15, 0.2) is 79.1 Å². The number of benzene rings is 2. The summed E-state index contributed by atoms with van der Waals surface area (Å²) in [6.45, 7) is 2.43. The molecule has 0 spiro atoms. The Morgan fingerprint density at radius 3 is 2.38 bits per heavy atom. The molecule has 5 aromatic rings. The zero-order chi connectivity index (χ0) is 29.1. The second-order valence-corrected chi connectivity index (χ2v) is 9.33. The maximum Gasteiger partial charge on any atom is 0.417 e. The quantitative estimate of drug-likeness (QED) is 0.278. The monoisotopic (exact) mass is 569 g/mol. The van der Waals surface area contributed by atoms with Gasteiger partial charge in [0.15, 0.2) is 0 Å². The average molecular weight is 570 g/mol. The summed E-state index contributed by atoms with van der Waals surface area (Å²) in [5, 5.41) is 12.7. The molecule has 0 unspecified atom stereocenters. The maximum atomic E-state index is 13.6. The molecule has 1 saturated heterocycles. The third-order valence-electron chi connectivity index (χ3n) is 6.65. The van der Waals surface area contributed by atoms with Crippen LogP contribution in [0, 0.1) is 11.3 Å². The van der Waals surface area contributed by atoms with Crippen LogP contribution in [0.1, 0.15) is 11.1 Å². The van der Waals surface area contributed by atoms with Crippen LogP contribution in [-0.4, -0.2) is 51.1 Å². The van der Waals surface area contributed by atoms with E-state index in [1.165, 1.54) is 6.07 Å². The highest BCUT2D eigenvalue weighted by Crippen LogP contribution is 2.34. The Hall–Kier alpha value is -5.51. The highest BCUT2D eigenvalue weighted by Gasteiger charge is 2.34. The zero-order valence-electron chi connectivity index (χ0n) is 22.0. The van der Waals surface area contributed by atoms with Gasteiger partial charge in [-0.3, -0.25) is 4.98 Å². The van der Waals surface area contributed by atoms with Crippen LogP contribution in [0.4, 0.5) is 36.6 Å². The number of ether oxygens (including phenoxy) is 1. The van der Waals surface area contributed by atoms with E-state index in [0.717, 1.165) is 23.3 Å². The van der Waals surface area contributed by atoms with Gasteiger partial charge in [-0.15, -0.1) is 0 Å². The molecule has 1 aliphatic rings. The molecule has 210 valence electrons. The first kappa shape index (κ1) is 26.7. The predicted molar refractivity (Wildman–Crippen MR) is 150 cm³/mol. The lowest BCUT2D eigenvalue weighted by Gasteiger charge is -2.35. The van der Waals surface area contributed by atoms with Gasteiger partial charge in [0, 0.05) is 49.6 Å². The number of nitriles is 1. The lowest BCUT2D eigenvalue weighted by molar-refractivity contribution is -0.137. The Morgan fingerprint density at radius 1 is 0.833 bits per heavy atom. The van der Waals surface area contributed by atoms with Crippen LogP contribution >= 0.6 is 0 Å². The van der Waals surface area contributed by atoms with Gasteiger partial charge in [0.25, 0.3) is 0 Å². The highest BCUT2D eigenvalue weighted by molar-refractivity contribution is 5.84. The molecule has 0 atom stereocenters. The van der Waals surface area contributed by atoms with Crippen molar-refractivity contribution in [1.82, 2.24) is 24.9 Å². The zero-order valence-corrected chi connectivity index (χ0v) is 22.0. The van der Waals surface area contributed by atoms with Gasteiger partial charge >= 0.3 is 12.2 Å². The summed E-state index contributed by atoms with van der Waals surface area (Å²) in [6.07, 6.45) is -1.37. The summed E-state index contributed by atoms with van der Waals surface area (Å²) in [7, 11) is 0. The topological polar surface area (TPSA) is 116 Å². The molecule has 3 aromatic heterocycles. The second kappa shape index (κ2) is 11.2. The van der Waals surface area contributed by atoms with Crippen LogP contribution < -0.4 is 19.9 Å². The molecule has 1 fully saturated rings. The number of anilines is 4. The van der Waals surface area contributed by atoms with Gasteiger partial charge in [-0.05, 0) is 48.5 Å². The first-order valence-electron chi connectivity index (χ1n) is 12.9. The maximum absolute atomic E-state index is 13.6. The number of nitrogens with one attached hydrogen (secondary N) is 1. The molecule has 2 aromatic carbocycles. The van der Waals surface area contributed by atoms with Crippen molar-refractivity contribution in [2.75, 3.05) is 41.3 Å². The third-order valence-corrected chi connectivity index (χ3v) is 6.65. The molecule has 6 rings (SSSR count). The minimum Gasteiger partial charge on any atom is -0.423 e. The Bertz CT molecular complexity index is 1760. The van der Waals surface area contributed by atoms with Crippen molar-refractivity contribution in [3.8, 4) is 17.8 Å². The first-order valence-corrected chi connectivity index (χ1v) is 12.9. The number of nitrogens with zero attached hydrogens (tertiary/aromatic N) is 8. The Kier molecular flexibility index (Phi) is 7.10. The number of rotatable bonds is 6. The normalized spacial score (nSPS) is 13.6. The van der Waals surface area contributed by atoms with Crippen molar-refractivity contribution in [3.63, 3.8) is 0 Å². The highest BCUT2D eigenvalue weighted by atomic mass is 19.4. The standard InChI is InChI=1S/C29H22F3N9O/c30-29(31,32)22-17-20(9-8-19(22)18-33)36-26-37-27(41-15-13-40(14-16-41)25-7-3-4-11-35-25)39-28(38-26)42-24-10-12-34-23-6-2-1-5-21(23)24/h1-12,17H,13-16H2,(H,36,37,38,39). The van der Waals surface area contributed by atoms with Gasteiger partial charge in [-0.2, -0.15) is 33.4 Å². The van der Waals surface area contributed by atoms with Crippen molar-refractivity contribution < 1.29 is 17.9 Å². The van der Waals surface area contributed by atoms with Crippen LogP contribution in [0.25, 0.3) is 10.9 Å². The minimum atomic E-state index is -4.71. The largest absolute Gasteiger partial charge is 0.423 e. The van der Waals surface area contributed by atoms with E-state index in [2.05, 4.69) is 35.1 Å². The molecule has 42 heavy (non-hydrogen) atoms. The van der Waals surface area contributed by atoms with Crippen LogP contribution in [-0.2, 0) is 6.18 Å². The van der Waals surface area contributed by atoms with Crippen LogP contribution in [0.5, 0.6) is 11.8 Å². The summed E-state index contributed by atoms with van der Waals surface area (Å²) in [5.41, 5.74) is -0.775. The Labute approximate surface area is 238 Å². The smallest absolute Gasteiger partial charge is 0.417 e. The molecule has 0 radical (unpaired) electrons. The van der Waals surface area contributed by atoms with E-state index < -0.39 is 17.3 Å². The van der Waals surface area contributed by atoms with Crippen LogP contribution in [0.2, 0.25) is 0 Å². The molecular formula is C29H22F3N9O. The van der Waals surface area contributed by atoms with E-state index in [1.807, 2.05) is 47.4 Å². The van der Waals surface area contributed by atoms with Gasteiger partial charge in [0.2, 0.25) is 11.9 Å². The van der Waals surface area contributed by atoms with Gasteiger partial charge in [-0.1, -0.05) is 18.2 Å². The SMILES string of the molecule is N#Cc1ccc(Nc2nc(Oc3ccnc4ccccc34)nc(N3CCN(c4ccccn4)CC3)n2)cc1C(F)(F)F. The number of halogens is 3. The van der Waals surface area contributed by atoms with E-state index in [-0.39, 0.29) is 17.6 Å². The number of fused-ring (bicyclic) bond motifs is 1. The molecule has 1 N–H and O–H groups in total. The summed E-state index contributed by atoms with van der Waals surface area (Å²) in [4.78, 5) is 26.3. The Balaban J connectivity index is 1.33. The fraction of sp³-hybridized carbons (Fsp3) is 0.172. The molecule has 0 amide bonds. The molecule has 0 saturated carbocycles. The molecule has 13 heteroatoms. The van der Waals surface area contributed by atoms with Crippen molar-refractivity contribution in [2.45, 2.75) is 6.18 Å². The molecule has 1 aliphatic heterocycles. The number of pyridine rings is 2. The Morgan fingerprint density at radius 2 is 1.62 bits per heavy atom. The summed E-state index contributed by atoms with van der Waals surface area (Å²) >= 11 is 0. The van der Waals surface area contributed by atoms with Crippen LogP contribution in [0.3, 0.4) is 0 Å². The number of piperazine rings is 1. The number of aromatic nitrogens is 5. The molecule has 10 nitrogen and oxygen atoms in total. The third kappa shape index (κ3) is 5.68. The average Bonchev–Trinajstić information content (AvgIpc) is 3.01. The van der Waals surface area contributed by atoms with E-state index >= 15 is 0 Å². The van der Waals surface area contributed by atoms with E-state index in [1.54, 1.807) is 24.5 Å². The summed E-state index contributed by atoms with van der Waals surface area (Å²) in [5.74, 6) is 1.61. The number of hydrogen-bond donors (Lipinski definition) is 1. The molecule has 0 bridgehead atoms. The van der Waals surface area contributed by atoms with E-state index in [9.17, 15) is 13.2 Å². The predicted octanol–water partition coefficient (Wildman–Crippen LogP) is 5.57. The molecular weight excluding hydrogens is 547 g/mol. The van der Waals surface area contributed by atoms with Crippen molar-refractivity contribution in [1.29, 1.82) is 5.26 Å². The van der Waals surface area contributed by atoms with E-state index in [0.29, 0.717) is 43.4 Å². The van der Waals surface area contributed by atoms with Crippen molar-refractivity contribution in [3.05, 3.63) is 90.3 Å². The molecule has 4 heterocycles. The number of hydrogen-bond acceptors (Lipinski definition) is 10. The number of alkyl halides is 3. The van der Waals surface area contributed by atoms with E-state index in [4.69, 9.17) is 10.00 Å². The first-order chi connectivity index (χ1) is 20.4. The fourth-order valence-corrected chi connectivity index (χ4v) is 4.61. The van der Waals surface area contributed by atoms with Gasteiger partial charge in [0.05, 0.1) is 22.7 Å². The van der Waals surface area contributed by atoms with Gasteiger partial charge in [-0.25, -0.2) is 4.98 Å². The van der Waals surface area contributed by atoms with Gasteiger partial charge < -0.3 is 19.9 Å². The number of para-hydroxylation sites is 1. The lowest BCUT2D eigenvalue weighted by Crippen LogP contribution is -2.47. The summed E-state index contributed by atoms with van der Waals surface area (Å²) in [6, 6.07) is 19.7. The fourth-order valence-electron chi connectivity index (χ4n) is 4.61. The van der Waals surface area contributed by atoms with Crippen molar-refractivity contribution in [2.24, 2.45) is 0 Å². The minimum absolute atomic E-state index is 0.0154. The van der Waals surface area contributed by atoms with Crippen molar-refractivity contribution >= 4 is 34.3 Å².